The van der Waals surface area contributed by atoms with Gasteiger partial charge in [0.15, 0.2) is 0 Å². The minimum Gasteiger partial charge on any atom is -0.491 e. The minimum absolute atomic E-state index is 0.0762. The first kappa shape index (κ1) is 25.5. The van der Waals surface area contributed by atoms with Crippen LogP contribution in [0.5, 0.6) is 5.75 Å². The zero-order valence-electron chi connectivity index (χ0n) is 20.8. The van der Waals surface area contributed by atoms with E-state index in [1.807, 2.05) is 44.2 Å². The average Bonchev–Trinajstić information content (AvgIpc) is 2.84. The first-order valence-corrected chi connectivity index (χ1v) is 13.3. The number of benzene rings is 3. The molecule has 1 heterocycles. The molecule has 1 atom stereocenters. The maximum Gasteiger partial charge on any atom is 0.262 e. The first-order chi connectivity index (χ1) is 17.1. The lowest BCUT2D eigenvalue weighted by molar-refractivity contribution is 0.0975. The Morgan fingerprint density at radius 2 is 1.69 bits per heavy atom. The van der Waals surface area contributed by atoms with Crippen LogP contribution < -0.4 is 19.7 Å². The van der Waals surface area contributed by atoms with Crippen molar-refractivity contribution in [1.29, 1.82) is 0 Å². The smallest absolute Gasteiger partial charge is 0.262 e. The average molecular weight is 510 g/mol. The van der Waals surface area contributed by atoms with E-state index >= 15 is 0 Å². The molecule has 1 aliphatic rings. The predicted molar refractivity (Wildman–Crippen MR) is 142 cm³/mol. The van der Waals surface area contributed by atoms with Crippen molar-refractivity contribution in [3.05, 3.63) is 82.9 Å². The van der Waals surface area contributed by atoms with Crippen LogP contribution in [-0.2, 0) is 10.0 Å². The number of amides is 1. The number of hydrogen-bond donors (Lipinski definition) is 3. The fourth-order valence-corrected chi connectivity index (χ4v) is 4.94. The number of nitrogens with zero attached hydrogens (tertiary/aromatic N) is 1. The molecule has 8 nitrogen and oxygen atoms in total. The third-order valence-electron chi connectivity index (χ3n) is 6.09. The molecule has 0 bridgehead atoms. The van der Waals surface area contributed by atoms with Crippen molar-refractivity contribution in [3.63, 3.8) is 0 Å². The van der Waals surface area contributed by atoms with Crippen molar-refractivity contribution >= 4 is 33.0 Å². The lowest BCUT2D eigenvalue weighted by Gasteiger charge is -2.38. The molecule has 1 unspecified atom stereocenters. The molecule has 0 saturated carbocycles. The van der Waals surface area contributed by atoms with Gasteiger partial charge in [0, 0.05) is 17.1 Å². The monoisotopic (exact) mass is 509 g/mol. The molecule has 3 N–H and O–H groups in total. The van der Waals surface area contributed by atoms with Crippen LogP contribution in [0.1, 0.15) is 47.1 Å². The summed E-state index contributed by atoms with van der Waals surface area (Å²) in [5, 5.41) is 12.1. The maximum absolute atomic E-state index is 13.7. The lowest BCUT2D eigenvalue weighted by atomic mass is 9.99. The standard InChI is InChI=1S/C27H31N3O5S/c1-17(2)36(33,34)29-21-9-11-22(12-10-21)30-26(28-24-8-6-5-7-23(24)27(30)32)20-15-18(3)25(19(4)16-20)35-14-13-31/h5-12,15-17,26,28-29,31H,13-14H2,1-4H3. The molecule has 3 aromatic carbocycles. The number of sulfonamides is 1. The topological polar surface area (TPSA) is 108 Å². The number of ether oxygens (including phenoxy) is 1. The number of nitrogens with one attached hydrogen (secondary N) is 2. The van der Waals surface area contributed by atoms with Crippen molar-refractivity contribution in [2.45, 2.75) is 39.1 Å². The maximum atomic E-state index is 13.7. The second-order valence-electron chi connectivity index (χ2n) is 9.07. The number of hydrogen-bond acceptors (Lipinski definition) is 6. The van der Waals surface area contributed by atoms with E-state index in [2.05, 4.69) is 10.0 Å². The molecular formula is C27H31N3O5S. The summed E-state index contributed by atoms with van der Waals surface area (Å²) in [7, 11) is -3.48. The Hall–Kier alpha value is -3.56. The third kappa shape index (κ3) is 5.03. The number of carbonyl (C=O) groups excluding carboxylic acids is 1. The van der Waals surface area contributed by atoms with Crippen molar-refractivity contribution < 1.29 is 23.1 Å². The molecule has 1 aliphatic heterocycles. The molecule has 0 saturated heterocycles. The fourth-order valence-electron chi connectivity index (χ4n) is 4.24. The Labute approximate surface area is 212 Å². The fraction of sp³-hybridized carbons (Fsp3) is 0.296. The van der Waals surface area contributed by atoms with Crippen LogP contribution in [0, 0.1) is 13.8 Å². The van der Waals surface area contributed by atoms with E-state index in [0.29, 0.717) is 22.7 Å². The summed E-state index contributed by atoms with van der Waals surface area (Å²) in [5.41, 5.74) is 4.99. The highest BCUT2D eigenvalue weighted by atomic mass is 32.2. The number of carbonyl (C=O) groups is 1. The van der Waals surface area contributed by atoms with E-state index in [0.717, 1.165) is 22.4 Å². The van der Waals surface area contributed by atoms with Crippen molar-refractivity contribution in [2.24, 2.45) is 0 Å². The van der Waals surface area contributed by atoms with Gasteiger partial charge in [-0.05, 0) is 92.9 Å². The number of aliphatic hydroxyl groups excluding tert-OH is 1. The van der Waals surface area contributed by atoms with Gasteiger partial charge in [0.1, 0.15) is 18.5 Å². The van der Waals surface area contributed by atoms with Crippen LogP contribution in [0.2, 0.25) is 0 Å². The number of aliphatic hydroxyl groups is 1. The van der Waals surface area contributed by atoms with E-state index in [-0.39, 0.29) is 19.1 Å². The van der Waals surface area contributed by atoms with Crippen molar-refractivity contribution in [3.8, 4) is 5.75 Å². The molecule has 0 aliphatic carbocycles. The predicted octanol–water partition coefficient (Wildman–Crippen LogP) is 4.60. The summed E-state index contributed by atoms with van der Waals surface area (Å²) in [6.45, 7) is 7.21. The van der Waals surface area contributed by atoms with Crippen LogP contribution in [0.3, 0.4) is 0 Å². The second-order valence-corrected chi connectivity index (χ2v) is 11.3. The summed E-state index contributed by atoms with van der Waals surface area (Å²) < 4.78 is 32.8. The first-order valence-electron chi connectivity index (χ1n) is 11.8. The number of para-hydroxylation sites is 1. The summed E-state index contributed by atoms with van der Waals surface area (Å²) in [5.74, 6) is 0.546. The van der Waals surface area contributed by atoms with Gasteiger partial charge in [-0.2, -0.15) is 0 Å². The quantitative estimate of drug-likeness (QED) is 0.410. The Morgan fingerprint density at radius 1 is 1.06 bits per heavy atom. The van der Waals surface area contributed by atoms with Gasteiger partial charge in [-0.3, -0.25) is 14.4 Å². The zero-order chi connectivity index (χ0) is 26.0. The van der Waals surface area contributed by atoms with Crippen LogP contribution in [-0.4, -0.2) is 37.9 Å². The van der Waals surface area contributed by atoms with Gasteiger partial charge in [0.05, 0.1) is 17.4 Å². The Morgan fingerprint density at radius 3 is 2.31 bits per heavy atom. The Bertz CT molecular complexity index is 1350. The van der Waals surface area contributed by atoms with Crippen LogP contribution in [0.15, 0.2) is 60.7 Å². The van der Waals surface area contributed by atoms with E-state index in [4.69, 9.17) is 9.84 Å². The number of rotatable bonds is 8. The van der Waals surface area contributed by atoms with Gasteiger partial charge in [-0.15, -0.1) is 0 Å². The van der Waals surface area contributed by atoms with Crippen LogP contribution in [0.4, 0.5) is 17.1 Å². The zero-order valence-corrected chi connectivity index (χ0v) is 21.6. The molecule has 190 valence electrons. The van der Waals surface area contributed by atoms with Gasteiger partial charge in [0.25, 0.3) is 5.91 Å². The molecule has 4 rings (SSSR count). The summed E-state index contributed by atoms with van der Waals surface area (Å²) in [6.07, 6.45) is -0.505. The van der Waals surface area contributed by atoms with E-state index in [1.165, 1.54) is 0 Å². The molecule has 0 radical (unpaired) electrons. The van der Waals surface area contributed by atoms with Crippen LogP contribution >= 0.6 is 0 Å². The largest absolute Gasteiger partial charge is 0.491 e. The van der Waals surface area contributed by atoms with Crippen LogP contribution in [0.25, 0.3) is 0 Å². The van der Waals surface area contributed by atoms with E-state index in [1.54, 1.807) is 49.1 Å². The highest BCUT2D eigenvalue weighted by molar-refractivity contribution is 7.93. The molecule has 0 aromatic heterocycles. The summed E-state index contributed by atoms with van der Waals surface area (Å²) in [6, 6.07) is 18.1. The molecule has 3 aromatic rings. The van der Waals surface area contributed by atoms with E-state index in [9.17, 15) is 13.2 Å². The van der Waals surface area contributed by atoms with Crippen molar-refractivity contribution in [1.82, 2.24) is 0 Å². The Kier molecular flexibility index (Phi) is 7.23. The third-order valence-corrected chi connectivity index (χ3v) is 7.85. The molecule has 9 heteroatoms. The molecule has 36 heavy (non-hydrogen) atoms. The molecule has 1 amide bonds. The highest BCUT2D eigenvalue weighted by Gasteiger charge is 2.34. The van der Waals surface area contributed by atoms with Gasteiger partial charge < -0.3 is 15.2 Å². The van der Waals surface area contributed by atoms with Crippen molar-refractivity contribution in [2.75, 3.05) is 28.2 Å². The van der Waals surface area contributed by atoms with Gasteiger partial charge in [-0.1, -0.05) is 12.1 Å². The van der Waals surface area contributed by atoms with Gasteiger partial charge in [0.2, 0.25) is 10.0 Å². The Balaban J connectivity index is 1.75. The molecule has 0 fully saturated rings. The second kappa shape index (κ2) is 10.2. The molecule has 0 spiro atoms. The summed E-state index contributed by atoms with van der Waals surface area (Å²) >= 11 is 0. The minimum atomic E-state index is -3.48. The van der Waals surface area contributed by atoms with Gasteiger partial charge in [-0.25, -0.2) is 8.42 Å². The molecular weight excluding hydrogens is 478 g/mol. The lowest BCUT2D eigenvalue weighted by Crippen LogP contribution is -2.43. The SMILES string of the molecule is Cc1cc(C2Nc3ccccc3C(=O)N2c2ccc(NS(=O)(=O)C(C)C)cc2)cc(C)c1OCCO. The number of fused-ring (bicyclic) bond motifs is 1. The normalized spacial score (nSPS) is 15.4. The van der Waals surface area contributed by atoms with E-state index < -0.39 is 21.4 Å². The number of aryl methyl sites for hydroxylation is 2. The van der Waals surface area contributed by atoms with Gasteiger partial charge >= 0.3 is 0 Å². The number of anilines is 3. The highest BCUT2D eigenvalue weighted by Crippen LogP contribution is 2.39. The summed E-state index contributed by atoms with van der Waals surface area (Å²) in [4.78, 5) is 15.4.